The van der Waals surface area contributed by atoms with Crippen LogP contribution in [0.4, 0.5) is 4.79 Å². The van der Waals surface area contributed by atoms with Crippen molar-refractivity contribution >= 4 is 6.09 Å². The van der Waals surface area contributed by atoms with Crippen molar-refractivity contribution in [3.05, 3.63) is 0 Å². The number of nitrogens with zero attached hydrogens (tertiary/aromatic N) is 1. The van der Waals surface area contributed by atoms with Crippen LogP contribution >= 0.6 is 0 Å². The number of amides is 1. The van der Waals surface area contributed by atoms with Crippen LogP contribution < -0.4 is 5.32 Å². The summed E-state index contributed by atoms with van der Waals surface area (Å²) in [5, 5.41) is 3.07. The van der Waals surface area contributed by atoms with E-state index in [-0.39, 0.29) is 12.1 Å². The molecule has 1 saturated heterocycles. The van der Waals surface area contributed by atoms with Crippen molar-refractivity contribution in [1.82, 2.24) is 10.2 Å². The highest BCUT2D eigenvalue weighted by Crippen LogP contribution is 2.37. The van der Waals surface area contributed by atoms with Crippen LogP contribution in [-0.2, 0) is 4.74 Å². The number of nitrogens with one attached hydrogen (secondary N) is 1. The molecule has 0 spiro atoms. The lowest BCUT2D eigenvalue weighted by Gasteiger charge is -2.41. The molecule has 0 bridgehead atoms. The lowest BCUT2D eigenvalue weighted by molar-refractivity contribution is 0.0832. The van der Waals surface area contributed by atoms with E-state index in [0.717, 1.165) is 18.9 Å². The van der Waals surface area contributed by atoms with Crippen LogP contribution in [0, 0.1) is 11.8 Å². The van der Waals surface area contributed by atoms with Gasteiger partial charge in [0, 0.05) is 25.2 Å². The first kappa shape index (κ1) is 16.6. The number of carbonyl (C=O) groups excluding carboxylic acids is 1. The minimum atomic E-state index is -0.252. The number of alkyl carbamates (subject to hydrolysis) is 1. The molecule has 3 atom stereocenters. The van der Waals surface area contributed by atoms with Gasteiger partial charge in [0.05, 0.1) is 6.61 Å². The third-order valence-corrected chi connectivity index (χ3v) is 5.01. The molecule has 2 fully saturated rings. The molecule has 0 aromatic heterocycles. The normalized spacial score (nSPS) is 28.1. The Hall–Kier alpha value is -0.770. The Balaban J connectivity index is 1.90. The molecule has 1 amide bonds. The largest absolute Gasteiger partial charge is 0.450 e. The standard InChI is InChI=1S/C17H32N2O2/c1-4-6-7-14-10-16(18-17(20)21-5-2)12-19(11-14)13(3)15-8-9-15/h13-16H,4-12H2,1-3H3,(H,18,20). The zero-order valence-electron chi connectivity index (χ0n) is 13.9. The second-order valence-corrected chi connectivity index (χ2v) is 6.84. The van der Waals surface area contributed by atoms with Gasteiger partial charge in [-0.3, -0.25) is 4.90 Å². The fourth-order valence-corrected chi connectivity index (χ4v) is 3.60. The van der Waals surface area contributed by atoms with Crippen molar-refractivity contribution in [2.75, 3.05) is 19.7 Å². The molecule has 122 valence electrons. The number of carbonyl (C=O) groups is 1. The maximum Gasteiger partial charge on any atom is 0.407 e. The first-order chi connectivity index (χ1) is 10.1. The second-order valence-electron chi connectivity index (χ2n) is 6.84. The molecule has 0 aromatic carbocycles. The number of rotatable bonds is 7. The number of hydrogen-bond acceptors (Lipinski definition) is 3. The SMILES string of the molecule is CCCCC1CC(NC(=O)OCC)CN(C(C)C2CC2)C1. The van der Waals surface area contributed by atoms with E-state index in [1.54, 1.807) is 0 Å². The third-order valence-electron chi connectivity index (χ3n) is 5.01. The summed E-state index contributed by atoms with van der Waals surface area (Å²) in [6, 6.07) is 0.918. The van der Waals surface area contributed by atoms with Crippen molar-refractivity contribution in [2.45, 2.75) is 71.4 Å². The molecular formula is C17H32N2O2. The van der Waals surface area contributed by atoms with Gasteiger partial charge in [0.1, 0.15) is 0 Å². The molecule has 1 heterocycles. The van der Waals surface area contributed by atoms with E-state index in [0.29, 0.717) is 18.6 Å². The van der Waals surface area contributed by atoms with Gasteiger partial charge in [0.2, 0.25) is 0 Å². The van der Waals surface area contributed by atoms with E-state index >= 15 is 0 Å². The predicted molar refractivity (Wildman–Crippen MR) is 85.3 cm³/mol. The van der Waals surface area contributed by atoms with E-state index in [4.69, 9.17) is 4.74 Å². The van der Waals surface area contributed by atoms with Crippen molar-refractivity contribution in [1.29, 1.82) is 0 Å². The molecule has 21 heavy (non-hydrogen) atoms. The average Bonchev–Trinajstić information content (AvgIpc) is 3.29. The molecule has 4 nitrogen and oxygen atoms in total. The van der Waals surface area contributed by atoms with Crippen LogP contribution in [0.1, 0.15) is 59.3 Å². The molecule has 0 aromatic rings. The lowest BCUT2D eigenvalue weighted by Crippen LogP contribution is -2.53. The molecule has 1 aliphatic carbocycles. The van der Waals surface area contributed by atoms with E-state index < -0.39 is 0 Å². The summed E-state index contributed by atoms with van der Waals surface area (Å²) < 4.78 is 5.05. The van der Waals surface area contributed by atoms with Gasteiger partial charge in [-0.15, -0.1) is 0 Å². The van der Waals surface area contributed by atoms with E-state index in [1.807, 2.05) is 6.92 Å². The molecule has 1 N–H and O–H groups in total. The minimum Gasteiger partial charge on any atom is -0.450 e. The summed E-state index contributed by atoms with van der Waals surface area (Å²) in [7, 11) is 0. The van der Waals surface area contributed by atoms with Crippen LogP contribution in [0.25, 0.3) is 0 Å². The Kier molecular flexibility index (Phi) is 6.34. The van der Waals surface area contributed by atoms with Gasteiger partial charge in [0.15, 0.2) is 0 Å². The highest BCUT2D eigenvalue weighted by atomic mass is 16.5. The quantitative estimate of drug-likeness (QED) is 0.783. The van der Waals surface area contributed by atoms with Gasteiger partial charge >= 0.3 is 6.09 Å². The first-order valence-electron chi connectivity index (χ1n) is 8.81. The van der Waals surface area contributed by atoms with E-state index in [2.05, 4.69) is 24.1 Å². The monoisotopic (exact) mass is 296 g/mol. The maximum atomic E-state index is 11.7. The minimum absolute atomic E-state index is 0.251. The van der Waals surface area contributed by atoms with Gasteiger partial charge < -0.3 is 10.1 Å². The predicted octanol–water partition coefficient (Wildman–Crippen LogP) is 3.41. The highest BCUT2D eigenvalue weighted by molar-refractivity contribution is 5.67. The van der Waals surface area contributed by atoms with Crippen molar-refractivity contribution in [3.8, 4) is 0 Å². The van der Waals surface area contributed by atoms with Gasteiger partial charge in [-0.05, 0) is 51.4 Å². The zero-order chi connectivity index (χ0) is 15.2. The fraction of sp³-hybridized carbons (Fsp3) is 0.941. The molecule has 2 aliphatic rings. The summed E-state index contributed by atoms with van der Waals surface area (Å²) >= 11 is 0. The van der Waals surface area contributed by atoms with Crippen LogP contribution in [0.15, 0.2) is 0 Å². The highest BCUT2D eigenvalue weighted by Gasteiger charge is 2.36. The van der Waals surface area contributed by atoms with Crippen LogP contribution in [0.3, 0.4) is 0 Å². The smallest absolute Gasteiger partial charge is 0.407 e. The summed E-state index contributed by atoms with van der Waals surface area (Å²) in [6.45, 7) is 9.10. The van der Waals surface area contributed by atoms with Crippen molar-refractivity contribution in [3.63, 3.8) is 0 Å². The molecule has 1 aliphatic heterocycles. The molecule has 4 heteroatoms. The Morgan fingerprint density at radius 3 is 2.71 bits per heavy atom. The van der Waals surface area contributed by atoms with Gasteiger partial charge in [0.25, 0.3) is 0 Å². The molecule has 3 unspecified atom stereocenters. The third kappa shape index (κ3) is 5.17. The Morgan fingerprint density at radius 1 is 1.33 bits per heavy atom. The topological polar surface area (TPSA) is 41.6 Å². The first-order valence-corrected chi connectivity index (χ1v) is 8.81. The number of piperidine rings is 1. The average molecular weight is 296 g/mol. The van der Waals surface area contributed by atoms with Gasteiger partial charge in [-0.1, -0.05) is 19.8 Å². The molecule has 0 radical (unpaired) electrons. The number of ether oxygens (including phenoxy) is 1. The number of hydrogen-bond donors (Lipinski definition) is 1. The summed E-state index contributed by atoms with van der Waals surface area (Å²) in [5.74, 6) is 1.60. The number of unbranched alkanes of at least 4 members (excludes halogenated alkanes) is 1. The zero-order valence-corrected chi connectivity index (χ0v) is 13.9. The van der Waals surface area contributed by atoms with E-state index in [9.17, 15) is 4.79 Å². The van der Waals surface area contributed by atoms with Crippen LogP contribution in [0.5, 0.6) is 0 Å². The summed E-state index contributed by atoms with van der Waals surface area (Å²) in [4.78, 5) is 14.3. The molecule has 2 rings (SSSR count). The van der Waals surface area contributed by atoms with Crippen molar-refractivity contribution in [2.24, 2.45) is 11.8 Å². The Morgan fingerprint density at radius 2 is 2.10 bits per heavy atom. The van der Waals surface area contributed by atoms with Crippen LogP contribution in [0.2, 0.25) is 0 Å². The molecular weight excluding hydrogens is 264 g/mol. The van der Waals surface area contributed by atoms with Gasteiger partial charge in [-0.25, -0.2) is 4.79 Å². The fourth-order valence-electron chi connectivity index (χ4n) is 3.60. The van der Waals surface area contributed by atoms with Crippen LogP contribution in [-0.4, -0.2) is 42.8 Å². The Labute approximate surface area is 129 Å². The lowest BCUT2D eigenvalue weighted by atomic mass is 9.88. The Bertz CT molecular complexity index is 331. The second kappa shape index (κ2) is 8.02. The summed E-state index contributed by atoms with van der Waals surface area (Å²) in [6.07, 6.45) is 7.45. The molecule has 1 saturated carbocycles. The van der Waals surface area contributed by atoms with Gasteiger partial charge in [-0.2, -0.15) is 0 Å². The maximum absolute atomic E-state index is 11.7. The van der Waals surface area contributed by atoms with E-state index in [1.165, 1.54) is 38.6 Å². The van der Waals surface area contributed by atoms with Crippen molar-refractivity contribution < 1.29 is 9.53 Å². The number of likely N-dealkylation sites (tertiary alicyclic amines) is 1. The summed E-state index contributed by atoms with van der Waals surface area (Å²) in [5.41, 5.74) is 0.